The van der Waals surface area contributed by atoms with E-state index in [0.717, 1.165) is 5.56 Å². The number of para-hydroxylation sites is 2. The zero-order valence-corrected chi connectivity index (χ0v) is 20.5. The molecule has 1 aliphatic heterocycles. The van der Waals surface area contributed by atoms with Gasteiger partial charge in [0.05, 0.1) is 32.4 Å². The van der Waals surface area contributed by atoms with Gasteiger partial charge in [-0.25, -0.2) is 8.42 Å². The number of sulfonamides is 1. The van der Waals surface area contributed by atoms with E-state index >= 15 is 0 Å². The molecule has 0 atom stereocenters. The number of nitrogens with one attached hydrogen (secondary N) is 1. The highest BCUT2D eigenvalue weighted by atomic mass is 32.2. The van der Waals surface area contributed by atoms with Gasteiger partial charge in [0.25, 0.3) is 0 Å². The lowest BCUT2D eigenvalue weighted by molar-refractivity contribution is -0.115. The first kappa shape index (κ1) is 24.7. The minimum atomic E-state index is -3.79. The lowest BCUT2D eigenvalue weighted by Crippen LogP contribution is -2.40. The van der Waals surface area contributed by atoms with Crippen molar-refractivity contribution in [1.82, 2.24) is 4.31 Å². The lowest BCUT2D eigenvalue weighted by atomic mass is 10.1. The average molecular weight is 497 g/mol. The van der Waals surface area contributed by atoms with Crippen LogP contribution >= 0.6 is 0 Å². The van der Waals surface area contributed by atoms with Crippen molar-refractivity contribution in [3.63, 3.8) is 0 Å². The largest absolute Gasteiger partial charge is 0.495 e. The van der Waals surface area contributed by atoms with Crippen LogP contribution in [0.15, 0.2) is 71.6 Å². The van der Waals surface area contributed by atoms with Gasteiger partial charge >= 0.3 is 0 Å². The number of benzene rings is 3. The number of nitrogens with zero attached hydrogens (tertiary/aromatic N) is 1. The molecule has 4 rings (SSSR count). The molecule has 0 aliphatic carbocycles. The molecule has 0 aromatic heterocycles. The fourth-order valence-electron chi connectivity index (χ4n) is 3.73. The van der Waals surface area contributed by atoms with Gasteiger partial charge in [-0.05, 0) is 48.9 Å². The Balaban J connectivity index is 1.51. The summed E-state index contributed by atoms with van der Waals surface area (Å²) in [6.07, 6.45) is -0.0194. The van der Waals surface area contributed by atoms with Crippen LogP contribution in [0, 0.1) is 6.92 Å². The molecule has 0 saturated carbocycles. The smallest absolute Gasteiger partial charge is 0.246 e. The third-order valence-corrected chi connectivity index (χ3v) is 7.51. The molecule has 0 spiro atoms. The maximum atomic E-state index is 13.2. The molecule has 1 fully saturated rings. The number of hydrogen-bond donors (Lipinski definition) is 1. The first-order valence-electron chi connectivity index (χ1n) is 11.2. The van der Waals surface area contributed by atoms with E-state index < -0.39 is 10.0 Å². The van der Waals surface area contributed by atoms with E-state index in [-0.39, 0.29) is 36.1 Å². The van der Waals surface area contributed by atoms with Gasteiger partial charge in [-0.1, -0.05) is 35.9 Å². The highest BCUT2D eigenvalue weighted by molar-refractivity contribution is 7.89. The number of carbonyl (C=O) groups excluding carboxylic acids is 1. The molecule has 9 heteroatoms. The second kappa shape index (κ2) is 10.9. The van der Waals surface area contributed by atoms with Crippen molar-refractivity contribution in [2.45, 2.75) is 18.2 Å². The Morgan fingerprint density at radius 1 is 1.00 bits per heavy atom. The standard InChI is InChI=1S/C26H28N2O6S/c1-19-7-10-21(11-8-19)34-23-6-4-3-5-22(23)27-26(29)18-20-9-12-24(32-2)25(17-20)35(30,31)28-13-15-33-16-14-28/h3-12,17H,13-16,18H2,1-2H3,(H,27,29). The summed E-state index contributed by atoms with van der Waals surface area (Å²) >= 11 is 0. The fourth-order valence-corrected chi connectivity index (χ4v) is 5.34. The van der Waals surface area contributed by atoms with Crippen LogP contribution in [-0.4, -0.2) is 52.0 Å². The number of carbonyl (C=O) groups is 1. The fraction of sp³-hybridized carbons (Fsp3) is 0.269. The number of rotatable bonds is 8. The number of anilines is 1. The number of amides is 1. The molecule has 0 bridgehead atoms. The molecule has 1 N–H and O–H groups in total. The zero-order valence-electron chi connectivity index (χ0n) is 19.7. The zero-order chi connectivity index (χ0) is 24.8. The van der Waals surface area contributed by atoms with Gasteiger partial charge in [-0.3, -0.25) is 4.79 Å². The number of aryl methyl sites for hydroxylation is 1. The van der Waals surface area contributed by atoms with Crippen molar-refractivity contribution in [2.24, 2.45) is 0 Å². The highest BCUT2D eigenvalue weighted by Crippen LogP contribution is 2.31. The maximum absolute atomic E-state index is 13.2. The van der Waals surface area contributed by atoms with Gasteiger partial charge in [0.1, 0.15) is 16.4 Å². The Morgan fingerprint density at radius 3 is 2.43 bits per heavy atom. The van der Waals surface area contributed by atoms with Crippen LogP contribution in [0.25, 0.3) is 0 Å². The molecule has 1 aliphatic rings. The Morgan fingerprint density at radius 2 is 1.71 bits per heavy atom. The number of ether oxygens (including phenoxy) is 3. The highest BCUT2D eigenvalue weighted by Gasteiger charge is 2.29. The first-order chi connectivity index (χ1) is 16.9. The minimum Gasteiger partial charge on any atom is -0.495 e. The summed E-state index contributed by atoms with van der Waals surface area (Å²) in [5.74, 6) is 1.10. The SMILES string of the molecule is COc1ccc(CC(=O)Nc2ccccc2Oc2ccc(C)cc2)cc1S(=O)(=O)N1CCOCC1. The monoisotopic (exact) mass is 496 g/mol. The average Bonchev–Trinajstić information content (AvgIpc) is 2.87. The van der Waals surface area contributed by atoms with Crippen molar-refractivity contribution in [1.29, 1.82) is 0 Å². The van der Waals surface area contributed by atoms with E-state index in [9.17, 15) is 13.2 Å². The van der Waals surface area contributed by atoms with Crippen LogP contribution in [0.3, 0.4) is 0 Å². The maximum Gasteiger partial charge on any atom is 0.246 e. The van der Waals surface area contributed by atoms with Gasteiger partial charge in [-0.15, -0.1) is 0 Å². The summed E-state index contributed by atoms with van der Waals surface area (Å²) in [6.45, 7) is 3.22. The molecule has 184 valence electrons. The van der Waals surface area contributed by atoms with Crippen LogP contribution in [0.5, 0.6) is 17.2 Å². The summed E-state index contributed by atoms with van der Waals surface area (Å²) < 4.78 is 44.3. The summed E-state index contributed by atoms with van der Waals surface area (Å²) in [4.78, 5) is 12.9. The van der Waals surface area contributed by atoms with E-state index in [2.05, 4.69) is 5.32 Å². The predicted octanol–water partition coefficient (Wildman–Crippen LogP) is 4.00. The van der Waals surface area contributed by atoms with Crippen LogP contribution in [-0.2, 0) is 26.0 Å². The van der Waals surface area contributed by atoms with Crippen LogP contribution < -0.4 is 14.8 Å². The molecule has 1 amide bonds. The summed E-state index contributed by atoms with van der Waals surface area (Å²) in [5.41, 5.74) is 2.19. The number of hydrogen-bond acceptors (Lipinski definition) is 6. The third-order valence-electron chi connectivity index (χ3n) is 5.59. The Kier molecular flexibility index (Phi) is 7.70. The number of morpholine rings is 1. The topological polar surface area (TPSA) is 94.2 Å². The summed E-state index contributed by atoms with van der Waals surface area (Å²) in [7, 11) is -2.37. The van der Waals surface area contributed by atoms with Crippen molar-refractivity contribution in [3.8, 4) is 17.2 Å². The van der Waals surface area contributed by atoms with Crippen LogP contribution in [0.4, 0.5) is 5.69 Å². The molecular formula is C26H28N2O6S. The molecule has 0 radical (unpaired) electrons. The van der Waals surface area contributed by atoms with Crippen LogP contribution in [0.1, 0.15) is 11.1 Å². The van der Waals surface area contributed by atoms with E-state index in [0.29, 0.717) is 36.0 Å². The van der Waals surface area contributed by atoms with Crippen molar-refractivity contribution >= 4 is 21.6 Å². The summed E-state index contributed by atoms with van der Waals surface area (Å²) in [5, 5.41) is 2.87. The molecular weight excluding hydrogens is 468 g/mol. The Hall–Kier alpha value is -3.40. The van der Waals surface area contributed by atoms with Gasteiger partial charge in [0, 0.05) is 13.1 Å². The van der Waals surface area contributed by atoms with Crippen LogP contribution in [0.2, 0.25) is 0 Å². The molecule has 1 heterocycles. The van der Waals surface area contributed by atoms with Gasteiger partial charge in [0.2, 0.25) is 15.9 Å². The first-order valence-corrected chi connectivity index (χ1v) is 12.7. The van der Waals surface area contributed by atoms with Crippen molar-refractivity contribution in [2.75, 3.05) is 38.7 Å². The van der Waals surface area contributed by atoms with Gasteiger partial charge in [-0.2, -0.15) is 4.31 Å². The predicted molar refractivity (Wildman–Crippen MR) is 133 cm³/mol. The molecule has 35 heavy (non-hydrogen) atoms. The molecule has 3 aromatic rings. The van der Waals surface area contributed by atoms with E-state index in [1.54, 1.807) is 30.3 Å². The van der Waals surface area contributed by atoms with E-state index in [4.69, 9.17) is 14.2 Å². The summed E-state index contributed by atoms with van der Waals surface area (Å²) in [6, 6.07) is 19.5. The molecule has 8 nitrogen and oxygen atoms in total. The van der Waals surface area contributed by atoms with Gasteiger partial charge in [0.15, 0.2) is 5.75 Å². The van der Waals surface area contributed by atoms with E-state index in [1.165, 1.54) is 17.5 Å². The normalized spacial score (nSPS) is 14.3. The van der Waals surface area contributed by atoms with Gasteiger partial charge < -0.3 is 19.5 Å². The Labute approximate surface area is 205 Å². The number of methoxy groups -OCH3 is 1. The molecule has 3 aromatic carbocycles. The second-order valence-corrected chi connectivity index (χ2v) is 10.0. The lowest BCUT2D eigenvalue weighted by Gasteiger charge is -2.26. The van der Waals surface area contributed by atoms with E-state index in [1.807, 2.05) is 37.3 Å². The minimum absolute atomic E-state index is 0.0194. The molecule has 0 unspecified atom stereocenters. The van der Waals surface area contributed by atoms with Crippen molar-refractivity contribution in [3.05, 3.63) is 77.9 Å². The molecule has 1 saturated heterocycles. The third kappa shape index (κ3) is 6.00. The second-order valence-electron chi connectivity index (χ2n) is 8.14. The quantitative estimate of drug-likeness (QED) is 0.507. The van der Waals surface area contributed by atoms with Crippen molar-refractivity contribution < 1.29 is 27.4 Å². The Bertz CT molecular complexity index is 1290.